The van der Waals surface area contributed by atoms with Gasteiger partial charge in [0.2, 0.25) is 5.13 Å². The van der Waals surface area contributed by atoms with Crippen molar-refractivity contribution in [3.63, 3.8) is 0 Å². The van der Waals surface area contributed by atoms with Crippen LogP contribution in [0.25, 0.3) is 26.7 Å². The summed E-state index contributed by atoms with van der Waals surface area (Å²) < 4.78 is 66.8. The van der Waals surface area contributed by atoms with Crippen LogP contribution in [0.1, 0.15) is 5.69 Å². The second kappa shape index (κ2) is 8.42. The van der Waals surface area contributed by atoms with Crippen molar-refractivity contribution in [2.45, 2.75) is 16.7 Å². The fraction of sp³-hybridized carbons (Fsp3) is 0.0476. The third-order valence-electron chi connectivity index (χ3n) is 5.29. The van der Waals surface area contributed by atoms with Crippen molar-refractivity contribution >= 4 is 69.2 Å². The zero-order valence-corrected chi connectivity index (χ0v) is 20.7. The van der Waals surface area contributed by atoms with Gasteiger partial charge >= 0.3 is 0 Å². The van der Waals surface area contributed by atoms with Crippen molar-refractivity contribution in [2.75, 3.05) is 5.73 Å². The van der Waals surface area contributed by atoms with E-state index in [-0.39, 0.29) is 20.7 Å². The molecule has 0 radical (unpaired) electrons. The van der Waals surface area contributed by atoms with Crippen LogP contribution in [-0.4, -0.2) is 40.7 Å². The van der Waals surface area contributed by atoms with Gasteiger partial charge in [0, 0.05) is 5.39 Å². The maximum atomic E-state index is 11.7. The van der Waals surface area contributed by atoms with E-state index in [0.717, 1.165) is 0 Å². The Morgan fingerprint density at radius 2 is 1.75 bits per heavy atom. The Bertz CT molecular complexity index is 1930. The standard InChI is InChI=1S/C21H16N6O6S3/c1-11-19(24-25-21-23-16-10-14(35(28,29)30)6-8-17(16)34-21)20(22)27(26-11)13-5-7-15-12(9-13)3-2-4-18(15)36(31,32)33/h2-10H,22H2,1H3,(H,28,29,30)(H,31,32,33)/b25-24+. The van der Waals surface area contributed by atoms with E-state index in [1.165, 1.54) is 46.4 Å². The summed E-state index contributed by atoms with van der Waals surface area (Å²) in [5.74, 6) is 0.177. The predicted octanol–water partition coefficient (Wildman–Crippen LogP) is 4.43. The summed E-state index contributed by atoms with van der Waals surface area (Å²) in [5, 5.41) is 13.9. The van der Waals surface area contributed by atoms with Crippen LogP contribution >= 0.6 is 11.3 Å². The van der Waals surface area contributed by atoms with E-state index in [2.05, 4.69) is 20.3 Å². The Kier molecular flexibility index (Phi) is 5.60. The summed E-state index contributed by atoms with van der Waals surface area (Å²) in [4.78, 5) is 3.76. The summed E-state index contributed by atoms with van der Waals surface area (Å²) >= 11 is 1.17. The average Bonchev–Trinajstić information content (AvgIpc) is 3.34. The molecule has 36 heavy (non-hydrogen) atoms. The lowest BCUT2D eigenvalue weighted by molar-refractivity contribution is 0.481. The molecule has 5 rings (SSSR count). The maximum absolute atomic E-state index is 11.7. The first kappa shape index (κ1) is 24.0. The lowest BCUT2D eigenvalue weighted by Crippen LogP contribution is -2.03. The minimum Gasteiger partial charge on any atom is -0.382 e. The first-order chi connectivity index (χ1) is 16.9. The first-order valence-electron chi connectivity index (χ1n) is 10.1. The van der Waals surface area contributed by atoms with E-state index in [1.807, 2.05) is 0 Å². The Labute approximate surface area is 208 Å². The number of nitrogens with two attached hydrogens (primary N) is 1. The molecule has 0 aliphatic heterocycles. The van der Waals surface area contributed by atoms with Crippen LogP contribution in [0.15, 0.2) is 74.6 Å². The molecule has 0 fully saturated rings. The van der Waals surface area contributed by atoms with Crippen molar-refractivity contribution in [2.24, 2.45) is 10.2 Å². The number of aromatic nitrogens is 3. The van der Waals surface area contributed by atoms with E-state index in [1.54, 1.807) is 31.2 Å². The van der Waals surface area contributed by atoms with E-state index in [9.17, 15) is 25.9 Å². The Hall–Kier alpha value is -3.76. The minimum absolute atomic E-state index is 0.177. The van der Waals surface area contributed by atoms with Crippen LogP contribution in [0.2, 0.25) is 0 Å². The smallest absolute Gasteiger partial charge is 0.295 e. The fourth-order valence-corrected chi connectivity index (χ4v) is 5.63. The van der Waals surface area contributed by atoms with Gasteiger partial charge in [-0.15, -0.1) is 10.2 Å². The Morgan fingerprint density at radius 1 is 0.972 bits per heavy atom. The van der Waals surface area contributed by atoms with Gasteiger partial charge < -0.3 is 5.73 Å². The highest BCUT2D eigenvalue weighted by atomic mass is 32.2. The molecule has 0 bridgehead atoms. The topological polar surface area (TPSA) is 190 Å². The quantitative estimate of drug-likeness (QED) is 0.212. The molecule has 0 amide bonds. The normalized spacial score (nSPS) is 12.8. The van der Waals surface area contributed by atoms with Crippen molar-refractivity contribution in [3.05, 3.63) is 60.3 Å². The highest BCUT2D eigenvalue weighted by molar-refractivity contribution is 7.86. The molecule has 0 unspecified atom stereocenters. The van der Waals surface area contributed by atoms with Gasteiger partial charge in [0.1, 0.15) is 4.90 Å². The fourth-order valence-electron chi connectivity index (χ4n) is 3.65. The molecule has 0 aliphatic carbocycles. The van der Waals surface area contributed by atoms with Crippen LogP contribution in [0.5, 0.6) is 0 Å². The molecule has 184 valence electrons. The first-order valence-corrected chi connectivity index (χ1v) is 13.8. The summed E-state index contributed by atoms with van der Waals surface area (Å²) in [6.45, 7) is 1.69. The highest BCUT2D eigenvalue weighted by Gasteiger charge is 2.17. The van der Waals surface area contributed by atoms with E-state index >= 15 is 0 Å². The van der Waals surface area contributed by atoms with Crippen molar-refractivity contribution in [1.29, 1.82) is 0 Å². The Balaban J connectivity index is 1.51. The van der Waals surface area contributed by atoms with Gasteiger partial charge in [-0.3, -0.25) is 9.11 Å². The average molecular weight is 545 g/mol. The monoisotopic (exact) mass is 544 g/mol. The van der Waals surface area contributed by atoms with Gasteiger partial charge in [-0.25, -0.2) is 9.67 Å². The van der Waals surface area contributed by atoms with Gasteiger partial charge in [-0.1, -0.05) is 29.5 Å². The molecular formula is C21H16N6O6S3. The summed E-state index contributed by atoms with van der Waals surface area (Å²) in [6, 6.07) is 13.4. The van der Waals surface area contributed by atoms with Crippen molar-refractivity contribution in [1.82, 2.24) is 14.8 Å². The zero-order valence-electron chi connectivity index (χ0n) is 18.3. The molecule has 4 N–H and O–H groups in total. The van der Waals surface area contributed by atoms with Crippen LogP contribution in [0.3, 0.4) is 0 Å². The number of benzene rings is 3. The summed E-state index contributed by atoms with van der Waals surface area (Å²) in [7, 11) is -8.75. The lowest BCUT2D eigenvalue weighted by Gasteiger charge is -2.08. The van der Waals surface area contributed by atoms with Gasteiger partial charge in [0.15, 0.2) is 11.5 Å². The Morgan fingerprint density at radius 3 is 2.47 bits per heavy atom. The molecule has 5 aromatic rings. The van der Waals surface area contributed by atoms with Crippen LogP contribution in [0.4, 0.5) is 16.6 Å². The largest absolute Gasteiger partial charge is 0.382 e. The number of aryl methyl sites for hydroxylation is 1. The third kappa shape index (κ3) is 4.33. The van der Waals surface area contributed by atoms with Gasteiger partial charge in [0.25, 0.3) is 20.2 Å². The van der Waals surface area contributed by atoms with Crippen LogP contribution in [-0.2, 0) is 20.2 Å². The number of nitrogens with zero attached hydrogens (tertiary/aromatic N) is 5. The van der Waals surface area contributed by atoms with Crippen LogP contribution in [0, 0.1) is 6.92 Å². The number of azo groups is 1. The number of rotatable bonds is 5. The molecule has 2 heterocycles. The van der Waals surface area contributed by atoms with Gasteiger partial charge in [0.05, 0.1) is 26.5 Å². The van der Waals surface area contributed by atoms with Crippen LogP contribution < -0.4 is 5.73 Å². The zero-order chi connectivity index (χ0) is 25.8. The molecule has 0 saturated heterocycles. The van der Waals surface area contributed by atoms with Crippen molar-refractivity contribution < 1.29 is 25.9 Å². The number of thiazole rings is 1. The lowest BCUT2D eigenvalue weighted by atomic mass is 10.1. The van der Waals surface area contributed by atoms with Gasteiger partial charge in [-0.05, 0) is 48.7 Å². The molecular weight excluding hydrogens is 528 g/mol. The van der Waals surface area contributed by atoms with E-state index < -0.39 is 20.2 Å². The SMILES string of the molecule is Cc1nn(-c2ccc3c(S(=O)(=O)O)cccc3c2)c(N)c1/N=N/c1nc2cc(S(=O)(=O)O)ccc2s1. The summed E-state index contributed by atoms with van der Waals surface area (Å²) in [5.41, 5.74) is 7.92. The minimum atomic E-state index is -4.39. The molecule has 0 atom stereocenters. The third-order valence-corrected chi connectivity index (χ3v) is 7.97. The number of hydrogen-bond donors (Lipinski definition) is 3. The number of anilines is 1. The highest BCUT2D eigenvalue weighted by Crippen LogP contribution is 2.34. The molecule has 0 aliphatic rings. The van der Waals surface area contributed by atoms with E-state index in [4.69, 9.17) is 5.73 Å². The summed E-state index contributed by atoms with van der Waals surface area (Å²) in [6.07, 6.45) is 0. The number of hydrogen-bond acceptors (Lipinski definition) is 10. The molecule has 2 aromatic heterocycles. The molecule has 0 spiro atoms. The predicted molar refractivity (Wildman–Crippen MR) is 134 cm³/mol. The number of nitrogen functional groups attached to an aromatic ring is 1. The van der Waals surface area contributed by atoms with E-state index in [0.29, 0.717) is 38.1 Å². The maximum Gasteiger partial charge on any atom is 0.295 e. The molecule has 3 aromatic carbocycles. The second-order valence-corrected chi connectivity index (χ2v) is 11.5. The van der Waals surface area contributed by atoms with Gasteiger partial charge in [-0.2, -0.15) is 21.9 Å². The second-order valence-electron chi connectivity index (χ2n) is 7.67. The molecule has 15 heteroatoms. The number of fused-ring (bicyclic) bond motifs is 2. The van der Waals surface area contributed by atoms with Crippen molar-refractivity contribution in [3.8, 4) is 5.69 Å². The molecule has 12 nitrogen and oxygen atoms in total. The molecule has 0 saturated carbocycles.